The minimum absolute atomic E-state index is 0.00604. The summed E-state index contributed by atoms with van der Waals surface area (Å²) in [5.41, 5.74) is 6.16. The molecule has 0 aliphatic carbocycles. The Labute approximate surface area is 227 Å². The van der Waals surface area contributed by atoms with Crippen LogP contribution >= 0.6 is 0 Å². The van der Waals surface area contributed by atoms with Crippen molar-refractivity contribution in [2.75, 3.05) is 30.3 Å². The molecule has 2 aliphatic rings. The number of β-amino-alcohol motifs (C(OH)–C–C–N with tert-alkyl or cyclic N) is 1. The normalized spacial score (nSPS) is 25.2. The maximum Gasteiger partial charge on any atom is 0.274 e. The first-order valence-electron chi connectivity index (χ1n) is 12.3. The van der Waals surface area contributed by atoms with Crippen LogP contribution in [-0.2, 0) is 14.9 Å². The number of nitrogens with two attached hydrogens (primary N) is 2. The number of halogens is 2. The lowest BCUT2D eigenvalue weighted by Gasteiger charge is -2.32. The van der Waals surface area contributed by atoms with Gasteiger partial charge in [-0.15, -0.1) is 0 Å². The number of hydrogen-bond acceptors (Lipinski definition) is 10. The van der Waals surface area contributed by atoms with Gasteiger partial charge in [0.05, 0.1) is 22.6 Å². The molecular weight excluding hydrogens is 552 g/mol. The van der Waals surface area contributed by atoms with Crippen LogP contribution in [0.15, 0.2) is 24.7 Å². The molecule has 214 valence electrons. The molecule has 0 saturated carbocycles. The van der Waals surface area contributed by atoms with Crippen molar-refractivity contribution in [1.82, 2.24) is 19.3 Å². The summed E-state index contributed by atoms with van der Waals surface area (Å²) < 4.78 is 61.5. The number of rotatable bonds is 5. The fourth-order valence-corrected chi connectivity index (χ4v) is 5.30. The number of hydrogen-bond donors (Lipinski definition) is 6. The molecule has 0 spiro atoms. The molecule has 0 unspecified atom stereocenters. The van der Waals surface area contributed by atoms with Gasteiger partial charge in [-0.2, -0.15) is 13.1 Å². The first kappa shape index (κ1) is 28.1. The highest BCUT2D eigenvalue weighted by Crippen LogP contribution is 2.34. The van der Waals surface area contributed by atoms with Crippen molar-refractivity contribution < 1.29 is 37.3 Å². The smallest absolute Gasteiger partial charge is 0.274 e. The van der Waals surface area contributed by atoms with E-state index in [2.05, 4.69) is 21.8 Å². The van der Waals surface area contributed by atoms with E-state index in [-0.39, 0.29) is 29.0 Å². The Kier molecular flexibility index (Phi) is 7.63. The number of nitrogen functional groups attached to an aromatic ring is 1. The van der Waals surface area contributed by atoms with E-state index in [1.807, 2.05) is 4.72 Å². The largest absolute Gasteiger partial charge is 0.391 e. The summed E-state index contributed by atoms with van der Waals surface area (Å²) in [6.07, 6.45) is -2.15. The molecule has 1 aromatic carbocycles. The van der Waals surface area contributed by atoms with Gasteiger partial charge in [0.25, 0.3) is 10.2 Å². The molecule has 2 saturated heterocycles. The topological polar surface area (TPSA) is 202 Å². The third kappa shape index (κ3) is 5.58. The van der Waals surface area contributed by atoms with Gasteiger partial charge >= 0.3 is 0 Å². The molecule has 40 heavy (non-hydrogen) atoms. The van der Waals surface area contributed by atoms with Crippen molar-refractivity contribution in [2.45, 2.75) is 43.5 Å². The van der Waals surface area contributed by atoms with E-state index in [9.17, 15) is 32.5 Å². The molecule has 8 N–H and O–H groups in total. The number of anilines is 2. The molecule has 2 fully saturated rings. The average Bonchev–Trinajstić information content (AvgIpc) is 3.39. The van der Waals surface area contributed by atoms with Crippen LogP contribution in [-0.4, -0.2) is 82.3 Å². The molecule has 0 bridgehead atoms. The van der Waals surface area contributed by atoms with Crippen LogP contribution in [0, 0.1) is 23.5 Å². The number of piperidine rings is 1. The number of aliphatic hydroxyl groups is 3. The summed E-state index contributed by atoms with van der Waals surface area (Å²) in [4.78, 5) is 9.81. The number of nitrogens with one attached hydrogen (secondary N) is 1. The van der Waals surface area contributed by atoms with E-state index in [1.165, 1.54) is 10.8 Å². The van der Waals surface area contributed by atoms with E-state index in [0.29, 0.717) is 25.1 Å². The quantitative estimate of drug-likeness (QED) is 0.205. The van der Waals surface area contributed by atoms with Gasteiger partial charge in [-0.1, -0.05) is 11.8 Å². The standard InChI is InChI=1S/C24H27F2N7O6S/c25-16-6-13(32-5-1-2-14(34)10-32)7-17(26)15(16)4-3-12-9-33(23-19(12)22(27)29-11-30-23)24-21(36)20(35)18(39-24)8-31-40(28,37)38/h6-7,9,11,14,18,20-21,24,31,34-36H,1-2,5,8,10H2,(H2,27,29,30)(H2,28,37,38)/t14-,18-,20-,21-,24-/m1/s1. The summed E-state index contributed by atoms with van der Waals surface area (Å²) >= 11 is 0. The SMILES string of the molecule is Nc1ncnc2c1c(C#Cc1c(F)cc(N3CCC[C@@H](O)C3)cc1F)cn2[C@@H]1O[C@H](CNS(N)(=O)=O)[C@@H](O)[C@H]1O. The predicted molar refractivity (Wildman–Crippen MR) is 139 cm³/mol. The van der Waals surface area contributed by atoms with Crippen LogP contribution in [0.4, 0.5) is 20.3 Å². The van der Waals surface area contributed by atoms with Gasteiger partial charge < -0.3 is 35.3 Å². The summed E-state index contributed by atoms with van der Waals surface area (Å²) in [6.45, 7) is 0.412. The lowest BCUT2D eigenvalue weighted by molar-refractivity contribution is -0.0327. The molecular formula is C24H27F2N7O6S. The third-order valence-corrected chi connectivity index (χ3v) is 7.42. The fourth-order valence-electron chi connectivity index (χ4n) is 4.90. The van der Waals surface area contributed by atoms with Crippen molar-refractivity contribution in [1.29, 1.82) is 0 Å². The van der Waals surface area contributed by atoms with Crippen LogP contribution in [0.2, 0.25) is 0 Å². The van der Waals surface area contributed by atoms with E-state index in [1.54, 1.807) is 4.90 Å². The number of nitrogens with zero attached hydrogens (tertiary/aromatic N) is 4. The summed E-state index contributed by atoms with van der Waals surface area (Å²) in [5, 5.41) is 36.1. The molecule has 2 aliphatic heterocycles. The van der Waals surface area contributed by atoms with E-state index >= 15 is 0 Å². The molecule has 0 radical (unpaired) electrons. The van der Waals surface area contributed by atoms with Gasteiger partial charge in [-0.25, -0.2) is 23.9 Å². The zero-order valence-electron chi connectivity index (χ0n) is 20.9. The van der Waals surface area contributed by atoms with Gasteiger partial charge in [0.15, 0.2) is 6.23 Å². The minimum atomic E-state index is -4.08. The van der Waals surface area contributed by atoms with Crippen LogP contribution in [0.25, 0.3) is 11.0 Å². The van der Waals surface area contributed by atoms with Gasteiger partial charge in [0.2, 0.25) is 0 Å². The predicted octanol–water partition coefficient (Wildman–Crippen LogP) is -0.935. The van der Waals surface area contributed by atoms with Crippen molar-refractivity contribution in [3.63, 3.8) is 0 Å². The molecule has 5 atom stereocenters. The van der Waals surface area contributed by atoms with Crippen molar-refractivity contribution in [3.05, 3.63) is 47.4 Å². The lowest BCUT2D eigenvalue weighted by Crippen LogP contribution is -2.42. The first-order chi connectivity index (χ1) is 18.9. The number of aromatic nitrogens is 3. The van der Waals surface area contributed by atoms with Crippen LogP contribution in [0.5, 0.6) is 0 Å². The molecule has 3 aromatic rings. The summed E-state index contributed by atoms with van der Waals surface area (Å²) in [5.74, 6) is 3.39. The highest BCUT2D eigenvalue weighted by molar-refractivity contribution is 7.87. The molecule has 4 heterocycles. The summed E-state index contributed by atoms with van der Waals surface area (Å²) in [6, 6.07) is 2.32. The second-order valence-electron chi connectivity index (χ2n) is 9.62. The van der Waals surface area contributed by atoms with Crippen LogP contribution in [0.3, 0.4) is 0 Å². The summed E-state index contributed by atoms with van der Waals surface area (Å²) in [7, 11) is -4.08. The zero-order valence-corrected chi connectivity index (χ0v) is 21.7. The van der Waals surface area contributed by atoms with Crippen molar-refractivity contribution >= 4 is 32.7 Å². The van der Waals surface area contributed by atoms with Gasteiger partial charge in [0.1, 0.15) is 47.7 Å². The Morgan fingerprint density at radius 3 is 2.55 bits per heavy atom. The highest BCUT2D eigenvalue weighted by atomic mass is 32.2. The number of fused-ring (bicyclic) bond motifs is 1. The van der Waals surface area contributed by atoms with E-state index in [4.69, 9.17) is 15.6 Å². The molecule has 5 rings (SSSR count). The van der Waals surface area contributed by atoms with Crippen molar-refractivity contribution in [3.8, 4) is 11.8 Å². The average molecular weight is 580 g/mol. The van der Waals surface area contributed by atoms with E-state index in [0.717, 1.165) is 18.5 Å². The molecule has 2 aromatic heterocycles. The maximum atomic E-state index is 15.0. The van der Waals surface area contributed by atoms with Crippen LogP contribution < -0.4 is 20.5 Å². The highest BCUT2D eigenvalue weighted by Gasteiger charge is 2.44. The molecule has 13 nitrogen and oxygen atoms in total. The van der Waals surface area contributed by atoms with Crippen LogP contribution in [0.1, 0.15) is 30.2 Å². The monoisotopic (exact) mass is 579 g/mol. The minimum Gasteiger partial charge on any atom is -0.391 e. The first-order valence-corrected chi connectivity index (χ1v) is 13.8. The Morgan fingerprint density at radius 1 is 1.15 bits per heavy atom. The number of aliphatic hydroxyl groups excluding tert-OH is 3. The fraction of sp³-hybridized carbons (Fsp3) is 0.417. The molecule has 16 heteroatoms. The second kappa shape index (κ2) is 10.9. The van der Waals surface area contributed by atoms with Gasteiger partial charge in [-0.05, 0) is 25.0 Å². The van der Waals surface area contributed by atoms with Gasteiger partial charge in [-0.3, -0.25) is 0 Å². The second-order valence-corrected chi connectivity index (χ2v) is 11.0. The third-order valence-electron chi connectivity index (χ3n) is 6.85. The van der Waals surface area contributed by atoms with E-state index < -0.39 is 64.6 Å². The van der Waals surface area contributed by atoms with Crippen molar-refractivity contribution in [2.24, 2.45) is 5.14 Å². The number of benzene rings is 1. The molecule has 0 amide bonds. The Bertz CT molecular complexity index is 1590. The Balaban J connectivity index is 1.48. The maximum absolute atomic E-state index is 15.0. The lowest BCUT2D eigenvalue weighted by atomic mass is 10.1. The Morgan fingerprint density at radius 2 is 1.88 bits per heavy atom. The zero-order chi connectivity index (χ0) is 28.8. The number of ether oxygens (including phenoxy) is 1. The Hall–Kier alpha value is -3.43. The van der Waals surface area contributed by atoms with Gasteiger partial charge in [0, 0.05) is 31.5 Å².